The molecule has 0 fully saturated rings. The highest BCUT2D eigenvalue weighted by atomic mass is 31.2. The van der Waals surface area contributed by atoms with Crippen LogP contribution in [0.1, 0.15) is 23.4 Å². The van der Waals surface area contributed by atoms with E-state index in [-0.39, 0.29) is 24.3 Å². The van der Waals surface area contributed by atoms with Gasteiger partial charge in [0.1, 0.15) is 12.6 Å². The average Bonchev–Trinajstić information content (AvgIpc) is 2.80. The molecule has 32 heavy (non-hydrogen) atoms. The second-order valence-electron chi connectivity index (χ2n) is 6.77. The molecule has 3 atom stereocenters. The number of aliphatic hydroxyl groups is 1. The Morgan fingerprint density at radius 3 is 2.34 bits per heavy atom. The third-order valence-corrected chi connectivity index (χ3v) is 6.47. The molecule has 0 aliphatic rings. The predicted molar refractivity (Wildman–Crippen MR) is 113 cm³/mol. The Kier molecular flexibility index (Phi) is 8.89. The second-order valence-corrected chi connectivity index (χ2v) is 9.22. The number of non-ortho nitro benzene ring substituents is 1. The number of alkyl carbamates (subject to hydrolysis) is 1. The highest BCUT2D eigenvalue weighted by Gasteiger charge is 2.33. The van der Waals surface area contributed by atoms with Crippen LogP contribution in [0.3, 0.4) is 0 Å². The normalized spacial score (nSPS) is 14.5. The van der Waals surface area contributed by atoms with Gasteiger partial charge in [0.2, 0.25) is 7.37 Å². The van der Waals surface area contributed by atoms with Crippen molar-refractivity contribution in [1.29, 1.82) is 0 Å². The SMILES string of the molecule is COC(=O)[C@H](CCP(=O)(O)C(O)c1ccc([N+](=O)[O-])cc1)NC(=O)OCc1ccccc1. The summed E-state index contributed by atoms with van der Waals surface area (Å²) in [4.78, 5) is 44.4. The number of ether oxygens (including phenoxy) is 2. The van der Waals surface area contributed by atoms with E-state index in [1.165, 1.54) is 12.1 Å². The Morgan fingerprint density at radius 1 is 1.16 bits per heavy atom. The van der Waals surface area contributed by atoms with Gasteiger partial charge in [0.05, 0.1) is 12.0 Å². The molecule has 2 rings (SSSR count). The molecule has 172 valence electrons. The van der Waals surface area contributed by atoms with Crippen molar-refractivity contribution < 1.29 is 38.6 Å². The summed E-state index contributed by atoms with van der Waals surface area (Å²) in [6.45, 7) is -0.0437. The molecule has 0 aliphatic carbocycles. The lowest BCUT2D eigenvalue weighted by atomic mass is 10.2. The Morgan fingerprint density at radius 2 is 1.78 bits per heavy atom. The topological polar surface area (TPSA) is 165 Å². The minimum atomic E-state index is -4.27. The van der Waals surface area contributed by atoms with Crippen LogP contribution >= 0.6 is 7.37 Å². The summed E-state index contributed by atoms with van der Waals surface area (Å²) in [5.41, 5.74) is 0.493. The van der Waals surface area contributed by atoms with Crippen LogP contribution < -0.4 is 5.32 Å². The number of nitrogens with one attached hydrogen (secondary N) is 1. The summed E-state index contributed by atoms with van der Waals surface area (Å²) in [7, 11) is -3.18. The second kappa shape index (κ2) is 11.4. The average molecular weight is 466 g/mol. The number of amides is 1. The molecule has 2 aromatic rings. The van der Waals surface area contributed by atoms with Crippen LogP contribution in [0.15, 0.2) is 54.6 Å². The molecular formula is C20H23N2O9P. The van der Waals surface area contributed by atoms with Crippen LogP contribution in [0, 0.1) is 10.1 Å². The summed E-state index contributed by atoms with van der Waals surface area (Å²) < 4.78 is 22.3. The van der Waals surface area contributed by atoms with Gasteiger partial charge in [0, 0.05) is 18.3 Å². The van der Waals surface area contributed by atoms with E-state index < -0.39 is 42.4 Å². The van der Waals surface area contributed by atoms with Crippen LogP contribution in [0.2, 0.25) is 0 Å². The van der Waals surface area contributed by atoms with Gasteiger partial charge >= 0.3 is 12.1 Å². The number of nitrogens with zero attached hydrogens (tertiary/aromatic N) is 1. The number of carbonyl (C=O) groups is 2. The van der Waals surface area contributed by atoms with Crippen molar-refractivity contribution in [3.8, 4) is 0 Å². The largest absolute Gasteiger partial charge is 0.467 e. The fraction of sp³-hybridized carbons (Fsp3) is 0.300. The predicted octanol–water partition coefficient (Wildman–Crippen LogP) is 2.71. The molecule has 0 aromatic heterocycles. The lowest BCUT2D eigenvalue weighted by molar-refractivity contribution is -0.384. The van der Waals surface area contributed by atoms with E-state index in [4.69, 9.17) is 4.74 Å². The number of aliphatic hydroxyl groups excluding tert-OH is 1. The monoisotopic (exact) mass is 466 g/mol. The number of methoxy groups -OCH3 is 1. The molecule has 0 saturated heterocycles. The lowest BCUT2D eigenvalue weighted by Gasteiger charge is -2.21. The van der Waals surface area contributed by atoms with Gasteiger partial charge in [-0.2, -0.15) is 0 Å². The fourth-order valence-electron chi connectivity index (χ4n) is 2.74. The zero-order chi connectivity index (χ0) is 23.7. The molecule has 1 amide bonds. The molecule has 0 bridgehead atoms. The molecule has 0 saturated carbocycles. The molecule has 0 spiro atoms. The zero-order valence-electron chi connectivity index (χ0n) is 17.1. The first-order chi connectivity index (χ1) is 15.1. The zero-order valence-corrected chi connectivity index (χ0v) is 18.0. The first-order valence-electron chi connectivity index (χ1n) is 9.43. The molecule has 11 nitrogen and oxygen atoms in total. The minimum Gasteiger partial charge on any atom is -0.467 e. The Labute approximate surface area is 183 Å². The van der Waals surface area contributed by atoms with Crippen LogP contribution in [-0.4, -0.2) is 46.3 Å². The van der Waals surface area contributed by atoms with E-state index in [0.29, 0.717) is 0 Å². The van der Waals surface area contributed by atoms with Gasteiger partial charge in [0.25, 0.3) is 5.69 Å². The van der Waals surface area contributed by atoms with E-state index in [9.17, 15) is 34.3 Å². The van der Waals surface area contributed by atoms with Crippen LogP contribution in [-0.2, 0) is 25.4 Å². The third kappa shape index (κ3) is 7.16. The summed E-state index contributed by atoms with van der Waals surface area (Å²) in [5, 5.41) is 23.3. The summed E-state index contributed by atoms with van der Waals surface area (Å²) >= 11 is 0. The standard InChI is InChI=1S/C20H23N2O9P/c1-30-18(23)17(21-20(25)31-13-14-5-3-2-4-6-14)11-12-32(28,29)19(24)15-7-9-16(10-8-15)22(26)27/h2-10,17,19,24H,11-13H2,1H3,(H,21,25)(H,28,29)/t17-,19?/m0/s1. The van der Waals surface area contributed by atoms with Gasteiger partial charge in [-0.1, -0.05) is 30.3 Å². The first-order valence-corrected chi connectivity index (χ1v) is 11.3. The Balaban J connectivity index is 1.98. The van der Waals surface area contributed by atoms with Crippen LogP contribution in [0.25, 0.3) is 0 Å². The molecule has 0 aliphatic heterocycles. The van der Waals surface area contributed by atoms with E-state index >= 15 is 0 Å². The number of nitro groups is 1. The van der Waals surface area contributed by atoms with Crippen molar-refractivity contribution in [2.75, 3.05) is 13.3 Å². The van der Waals surface area contributed by atoms with Crippen molar-refractivity contribution in [2.24, 2.45) is 0 Å². The molecule has 2 unspecified atom stereocenters. The van der Waals surface area contributed by atoms with Gasteiger partial charge in [-0.3, -0.25) is 14.7 Å². The maximum absolute atomic E-state index is 12.6. The van der Waals surface area contributed by atoms with Crippen LogP contribution in [0.4, 0.5) is 10.5 Å². The highest BCUT2D eigenvalue weighted by molar-refractivity contribution is 7.58. The number of rotatable bonds is 10. The van der Waals surface area contributed by atoms with E-state index in [0.717, 1.165) is 24.8 Å². The van der Waals surface area contributed by atoms with Gasteiger partial charge < -0.3 is 24.8 Å². The van der Waals surface area contributed by atoms with E-state index in [2.05, 4.69) is 10.1 Å². The minimum absolute atomic E-state index is 0.00582. The quantitative estimate of drug-likeness (QED) is 0.206. The number of hydrogen-bond acceptors (Lipinski definition) is 8. The maximum Gasteiger partial charge on any atom is 0.408 e. The summed E-state index contributed by atoms with van der Waals surface area (Å²) in [6, 6.07) is 12.1. The number of carbonyl (C=O) groups excluding carboxylic acids is 2. The molecular weight excluding hydrogens is 443 g/mol. The Hall–Kier alpha value is -3.27. The van der Waals surface area contributed by atoms with Crippen molar-refractivity contribution in [3.05, 3.63) is 75.8 Å². The van der Waals surface area contributed by atoms with Crippen LogP contribution in [0.5, 0.6) is 0 Å². The van der Waals surface area contributed by atoms with Gasteiger partial charge in [0.15, 0.2) is 5.85 Å². The Bertz CT molecular complexity index is 982. The molecule has 2 aromatic carbocycles. The molecule has 0 radical (unpaired) electrons. The number of nitro benzene ring substituents is 1. The van der Waals surface area contributed by atoms with Gasteiger partial charge in [-0.05, 0) is 29.7 Å². The molecule has 0 heterocycles. The van der Waals surface area contributed by atoms with E-state index in [1.807, 2.05) is 0 Å². The summed E-state index contributed by atoms with van der Waals surface area (Å²) in [6.07, 6.45) is -1.78. The highest BCUT2D eigenvalue weighted by Crippen LogP contribution is 2.54. The molecule has 12 heteroatoms. The van der Waals surface area contributed by atoms with E-state index in [1.54, 1.807) is 30.3 Å². The van der Waals surface area contributed by atoms with Gasteiger partial charge in [-0.15, -0.1) is 0 Å². The van der Waals surface area contributed by atoms with Crippen molar-refractivity contribution in [3.63, 3.8) is 0 Å². The summed E-state index contributed by atoms with van der Waals surface area (Å²) in [5.74, 6) is -2.68. The smallest absolute Gasteiger partial charge is 0.408 e. The maximum atomic E-state index is 12.6. The number of benzene rings is 2. The van der Waals surface area contributed by atoms with Crippen molar-refractivity contribution in [1.82, 2.24) is 5.32 Å². The number of esters is 1. The lowest BCUT2D eigenvalue weighted by Crippen LogP contribution is -2.42. The van der Waals surface area contributed by atoms with Gasteiger partial charge in [-0.25, -0.2) is 9.59 Å². The molecule has 3 N–H and O–H groups in total. The van der Waals surface area contributed by atoms with Crippen molar-refractivity contribution >= 4 is 25.1 Å². The van der Waals surface area contributed by atoms with Crippen molar-refractivity contribution in [2.45, 2.75) is 24.9 Å². The third-order valence-electron chi connectivity index (χ3n) is 4.51. The number of hydrogen-bond donors (Lipinski definition) is 3. The fourth-order valence-corrected chi connectivity index (χ4v) is 4.25. The first kappa shape index (κ1) is 25.0.